The second-order valence-electron chi connectivity index (χ2n) is 6.80. The summed E-state index contributed by atoms with van der Waals surface area (Å²) in [5.74, 6) is -1.54. The number of likely N-dealkylation sites (N-methyl/N-ethyl adjacent to an activating group) is 1. The molecule has 0 radical (unpaired) electrons. The van der Waals surface area contributed by atoms with Crippen molar-refractivity contribution in [2.75, 3.05) is 24.2 Å². The van der Waals surface area contributed by atoms with Gasteiger partial charge in [-0.15, -0.1) is 0 Å². The third kappa shape index (κ3) is 6.56. The van der Waals surface area contributed by atoms with Crippen LogP contribution < -0.4 is 9.62 Å². The molecular weight excluding hydrogens is 468 g/mol. The standard InChI is InChI=1S/C20H22Cl2FN3O4S/c1-13(20(28)24-2)25(11-14-4-7-16(23)8-5-14)19(27)12-26(31(3,29)30)18-10-15(21)6-9-17(18)22/h4-10,13H,11-12H2,1-3H3,(H,24,28)/t13-/m1/s1. The highest BCUT2D eigenvalue weighted by Gasteiger charge is 2.30. The second kappa shape index (κ2) is 10.3. The Bertz CT molecular complexity index is 1060. The van der Waals surface area contributed by atoms with E-state index in [4.69, 9.17) is 23.2 Å². The van der Waals surface area contributed by atoms with E-state index in [0.717, 1.165) is 10.6 Å². The van der Waals surface area contributed by atoms with Gasteiger partial charge in [0.2, 0.25) is 21.8 Å². The molecule has 0 unspecified atom stereocenters. The molecule has 1 atom stereocenters. The number of nitrogens with zero attached hydrogens (tertiary/aromatic N) is 2. The fourth-order valence-corrected chi connectivity index (χ4v) is 4.14. The third-order valence-corrected chi connectivity index (χ3v) is 6.22. The minimum atomic E-state index is -3.92. The van der Waals surface area contributed by atoms with E-state index in [-0.39, 0.29) is 22.3 Å². The van der Waals surface area contributed by atoms with Crippen molar-refractivity contribution in [2.24, 2.45) is 0 Å². The lowest BCUT2D eigenvalue weighted by Crippen LogP contribution is -2.50. The van der Waals surface area contributed by atoms with Crippen LogP contribution in [0.25, 0.3) is 0 Å². The summed E-state index contributed by atoms with van der Waals surface area (Å²) in [7, 11) is -2.50. The minimum Gasteiger partial charge on any atom is -0.357 e. The Kier molecular flexibility index (Phi) is 8.27. The van der Waals surface area contributed by atoms with Crippen molar-refractivity contribution >= 4 is 50.7 Å². The molecule has 31 heavy (non-hydrogen) atoms. The number of benzene rings is 2. The van der Waals surface area contributed by atoms with E-state index in [1.807, 2.05) is 0 Å². The maximum Gasteiger partial charge on any atom is 0.244 e. The van der Waals surface area contributed by atoms with Gasteiger partial charge in [0.1, 0.15) is 18.4 Å². The van der Waals surface area contributed by atoms with Crippen LogP contribution in [0.3, 0.4) is 0 Å². The van der Waals surface area contributed by atoms with Gasteiger partial charge in [-0.1, -0.05) is 35.3 Å². The molecule has 0 aliphatic rings. The zero-order valence-corrected chi connectivity index (χ0v) is 19.4. The molecule has 0 aliphatic carbocycles. The second-order valence-corrected chi connectivity index (χ2v) is 9.55. The lowest BCUT2D eigenvalue weighted by atomic mass is 10.1. The molecule has 0 heterocycles. The van der Waals surface area contributed by atoms with Crippen LogP contribution in [0.15, 0.2) is 42.5 Å². The Morgan fingerprint density at radius 1 is 1.13 bits per heavy atom. The zero-order valence-electron chi connectivity index (χ0n) is 17.1. The smallest absolute Gasteiger partial charge is 0.244 e. The number of anilines is 1. The van der Waals surface area contributed by atoms with E-state index in [1.165, 1.54) is 61.3 Å². The quantitative estimate of drug-likeness (QED) is 0.617. The predicted octanol–water partition coefficient (Wildman–Crippen LogP) is 3.06. The highest BCUT2D eigenvalue weighted by Crippen LogP contribution is 2.30. The summed E-state index contributed by atoms with van der Waals surface area (Å²) in [5, 5.41) is 2.79. The number of rotatable bonds is 8. The molecule has 0 bridgehead atoms. The molecule has 2 aromatic rings. The monoisotopic (exact) mass is 489 g/mol. The molecule has 1 N–H and O–H groups in total. The van der Waals surface area contributed by atoms with E-state index in [2.05, 4.69) is 5.32 Å². The fourth-order valence-electron chi connectivity index (χ4n) is 2.85. The number of hydrogen-bond acceptors (Lipinski definition) is 4. The molecule has 2 aromatic carbocycles. The van der Waals surface area contributed by atoms with Gasteiger partial charge >= 0.3 is 0 Å². The number of carbonyl (C=O) groups is 2. The van der Waals surface area contributed by atoms with Gasteiger partial charge in [-0.25, -0.2) is 12.8 Å². The molecule has 0 fully saturated rings. The van der Waals surface area contributed by atoms with E-state index >= 15 is 0 Å². The molecule has 2 rings (SSSR count). The molecule has 11 heteroatoms. The van der Waals surface area contributed by atoms with Gasteiger partial charge in [-0.3, -0.25) is 13.9 Å². The first kappa shape index (κ1) is 24.9. The van der Waals surface area contributed by atoms with Gasteiger partial charge in [0.25, 0.3) is 0 Å². The number of carbonyl (C=O) groups excluding carboxylic acids is 2. The Balaban J connectivity index is 2.42. The van der Waals surface area contributed by atoms with E-state index < -0.39 is 40.2 Å². The molecular formula is C20H22Cl2FN3O4S. The highest BCUT2D eigenvalue weighted by molar-refractivity contribution is 7.92. The van der Waals surface area contributed by atoms with E-state index in [9.17, 15) is 22.4 Å². The Morgan fingerprint density at radius 3 is 2.29 bits per heavy atom. The minimum absolute atomic E-state index is 0.0332. The molecule has 7 nitrogen and oxygen atoms in total. The van der Waals surface area contributed by atoms with Crippen LogP contribution in [0.4, 0.5) is 10.1 Å². The first-order valence-electron chi connectivity index (χ1n) is 9.12. The van der Waals surface area contributed by atoms with Crippen molar-refractivity contribution in [1.82, 2.24) is 10.2 Å². The van der Waals surface area contributed by atoms with Crippen molar-refractivity contribution in [3.05, 3.63) is 63.9 Å². The average Bonchev–Trinajstić information content (AvgIpc) is 2.71. The summed E-state index contributed by atoms with van der Waals surface area (Å²) in [4.78, 5) is 26.6. The van der Waals surface area contributed by atoms with Crippen molar-refractivity contribution in [1.29, 1.82) is 0 Å². The summed E-state index contributed by atoms with van der Waals surface area (Å²) in [6, 6.07) is 8.76. The van der Waals surface area contributed by atoms with Gasteiger partial charge < -0.3 is 10.2 Å². The largest absolute Gasteiger partial charge is 0.357 e. The summed E-state index contributed by atoms with van der Waals surface area (Å²) >= 11 is 12.1. The Hall–Kier alpha value is -2.36. The van der Waals surface area contributed by atoms with Gasteiger partial charge in [-0.05, 0) is 42.8 Å². The Morgan fingerprint density at radius 2 is 1.74 bits per heavy atom. The SMILES string of the molecule is CNC(=O)[C@@H](C)N(Cc1ccc(F)cc1)C(=O)CN(c1cc(Cl)ccc1Cl)S(C)(=O)=O. The van der Waals surface area contributed by atoms with E-state index in [1.54, 1.807) is 0 Å². The maximum absolute atomic E-state index is 13.2. The number of sulfonamides is 1. The lowest BCUT2D eigenvalue weighted by Gasteiger charge is -2.31. The normalized spacial score (nSPS) is 12.2. The summed E-state index contributed by atoms with van der Waals surface area (Å²) in [6.45, 7) is 0.868. The predicted molar refractivity (Wildman–Crippen MR) is 119 cm³/mol. The van der Waals surface area contributed by atoms with Crippen molar-refractivity contribution < 1.29 is 22.4 Å². The average molecular weight is 490 g/mol. The molecule has 0 aromatic heterocycles. The van der Waals surface area contributed by atoms with Crippen LogP contribution in [0.2, 0.25) is 10.0 Å². The van der Waals surface area contributed by atoms with Crippen LogP contribution in [0.1, 0.15) is 12.5 Å². The third-order valence-electron chi connectivity index (χ3n) is 4.54. The first-order valence-corrected chi connectivity index (χ1v) is 11.7. The van der Waals surface area contributed by atoms with Crippen LogP contribution >= 0.6 is 23.2 Å². The van der Waals surface area contributed by atoms with Gasteiger partial charge in [0.05, 0.1) is 17.0 Å². The highest BCUT2D eigenvalue weighted by atomic mass is 35.5. The molecule has 168 valence electrons. The van der Waals surface area contributed by atoms with Crippen LogP contribution in [-0.4, -0.2) is 51.0 Å². The van der Waals surface area contributed by atoms with Gasteiger partial charge in [-0.2, -0.15) is 0 Å². The van der Waals surface area contributed by atoms with Crippen LogP contribution in [0.5, 0.6) is 0 Å². The molecule has 0 aliphatic heterocycles. The first-order chi connectivity index (χ1) is 14.4. The lowest BCUT2D eigenvalue weighted by molar-refractivity contribution is -0.139. The number of amides is 2. The van der Waals surface area contributed by atoms with Crippen LogP contribution in [0, 0.1) is 5.82 Å². The number of hydrogen-bond donors (Lipinski definition) is 1. The topological polar surface area (TPSA) is 86.8 Å². The number of nitrogens with one attached hydrogen (secondary N) is 1. The van der Waals surface area contributed by atoms with Gasteiger partial charge in [0, 0.05) is 18.6 Å². The van der Waals surface area contributed by atoms with Gasteiger partial charge in [0.15, 0.2) is 0 Å². The van der Waals surface area contributed by atoms with E-state index in [0.29, 0.717) is 5.56 Å². The van der Waals surface area contributed by atoms with Crippen molar-refractivity contribution in [2.45, 2.75) is 19.5 Å². The molecule has 0 saturated carbocycles. The summed E-state index contributed by atoms with van der Waals surface area (Å²) in [6.07, 6.45) is 0.935. The van der Waals surface area contributed by atoms with Crippen molar-refractivity contribution in [3.63, 3.8) is 0 Å². The summed E-state index contributed by atoms with van der Waals surface area (Å²) in [5.41, 5.74) is 0.608. The molecule has 0 saturated heterocycles. The maximum atomic E-state index is 13.2. The number of halogens is 3. The summed E-state index contributed by atoms with van der Waals surface area (Å²) < 4.78 is 39.0. The fraction of sp³-hybridized carbons (Fsp3) is 0.300. The van der Waals surface area contributed by atoms with Crippen molar-refractivity contribution in [3.8, 4) is 0 Å². The Labute approximate surface area is 190 Å². The molecule has 2 amide bonds. The van der Waals surface area contributed by atoms with Crippen LogP contribution in [-0.2, 0) is 26.2 Å². The molecule has 0 spiro atoms. The zero-order chi connectivity index (χ0) is 23.3.